The molecule has 1 fully saturated rings. The van der Waals surface area contributed by atoms with Gasteiger partial charge in [0.25, 0.3) is 0 Å². The molecule has 0 radical (unpaired) electrons. The number of amides is 2. The Morgan fingerprint density at radius 1 is 0.720 bits per heavy atom. The molecule has 1 saturated heterocycles. The van der Waals surface area contributed by atoms with E-state index in [9.17, 15) is 48.9 Å². The van der Waals surface area contributed by atoms with Crippen molar-refractivity contribution in [3.63, 3.8) is 0 Å². The minimum absolute atomic E-state index is 0. The number of aldehydes is 1. The van der Waals surface area contributed by atoms with Crippen molar-refractivity contribution < 1.29 is 93.6 Å². The molecule has 0 aromatic heterocycles. The van der Waals surface area contributed by atoms with Crippen molar-refractivity contribution >= 4 is 53.7 Å². The number of esters is 1. The number of carbonyl (C=O) groups is 7. The number of rotatable bonds is 16. The van der Waals surface area contributed by atoms with Crippen molar-refractivity contribution in [3.05, 3.63) is 47.6 Å². The number of nitrogens with zero attached hydrogens (tertiary/aromatic N) is 4. The summed E-state index contributed by atoms with van der Waals surface area (Å²) in [6.45, 7) is 2.56. The van der Waals surface area contributed by atoms with Gasteiger partial charge in [-0.3, -0.25) is 48.4 Å². The molecule has 0 unspecified atom stereocenters. The summed E-state index contributed by atoms with van der Waals surface area (Å²) in [7, 11) is 0. The summed E-state index contributed by atoms with van der Waals surface area (Å²) in [4.78, 5) is 89.1. The molecular formula is C32H44GdN6O11. The van der Waals surface area contributed by atoms with Crippen LogP contribution in [-0.4, -0.2) is 169 Å². The van der Waals surface area contributed by atoms with E-state index in [0.29, 0.717) is 17.5 Å². The Labute approximate surface area is 321 Å². The Morgan fingerprint density at radius 2 is 1.16 bits per heavy atom. The van der Waals surface area contributed by atoms with Gasteiger partial charge in [0, 0.05) is 98.0 Å². The molecule has 17 nitrogen and oxygen atoms in total. The van der Waals surface area contributed by atoms with E-state index in [1.54, 1.807) is 56.9 Å². The van der Waals surface area contributed by atoms with Crippen LogP contribution in [0, 0.1) is 39.9 Å². The average molecular weight is 846 g/mol. The van der Waals surface area contributed by atoms with Gasteiger partial charge >= 0.3 is 23.9 Å². The minimum atomic E-state index is -1.05. The van der Waals surface area contributed by atoms with E-state index >= 15 is 0 Å². The first-order valence-electron chi connectivity index (χ1n) is 15.6. The summed E-state index contributed by atoms with van der Waals surface area (Å²) in [6, 6.07) is 6.60. The molecule has 0 aliphatic carbocycles. The normalized spacial score (nSPS) is 15.9. The molecule has 0 bridgehead atoms. The third-order valence-electron chi connectivity index (χ3n) is 7.23. The number of carboxylic acids is 3. The Balaban J connectivity index is 0.0000125. The van der Waals surface area contributed by atoms with Crippen LogP contribution in [0.5, 0.6) is 0 Å². The van der Waals surface area contributed by atoms with Gasteiger partial charge in [0.1, 0.15) is 6.29 Å². The summed E-state index contributed by atoms with van der Waals surface area (Å²) < 4.78 is 4.91. The van der Waals surface area contributed by atoms with E-state index in [4.69, 9.17) is 4.74 Å². The minimum Gasteiger partial charge on any atom is -0.480 e. The number of aliphatic carboxylic acids is 3. The van der Waals surface area contributed by atoms with Gasteiger partial charge in [0.15, 0.2) is 0 Å². The maximum atomic E-state index is 12.8. The summed E-state index contributed by atoms with van der Waals surface area (Å²) >= 11 is 0. The summed E-state index contributed by atoms with van der Waals surface area (Å²) in [5, 5.41) is 33.3. The SMILES string of the molecule is CCOC(=O)C(/C=C/c1ccc(NC(=O)CNC(=O)CN2CCN(CC(=O)O)CCN(CC(=O)O)CCN(CC(=O)O)CC2)cc1)=C/C=O.[Gd]. The van der Waals surface area contributed by atoms with Gasteiger partial charge in [0.2, 0.25) is 11.8 Å². The molecule has 1 aromatic carbocycles. The van der Waals surface area contributed by atoms with Crippen molar-refractivity contribution in [2.75, 3.05) is 97.0 Å². The number of nitrogens with one attached hydrogen (secondary N) is 2. The first-order valence-corrected chi connectivity index (χ1v) is 15.6. The molecule has 1 aliphatic heterocycles. The smallest absolute Gasteiger partial charge is 0.338 e. The van der Waals surface area contributed by atoms with Crippen LogP contribution in [0.15, 0.2) is 42.0 Å². The maximum Gasteiger partial charge on any atom is 0.338 e. The van der Waals surface area contributed by atoms with Crippen LogP contribution in [0.25, 0.3) is 6.08 Å². The molecule has 2 amide bonds. The van der Waals surface area contributed by atoms with Crippen LogP contribution >= 0.6 is 0 Å². The molecule has 0 spiro atoms. The Kier molecular flexibility index (Phi) is 21.7. The van der Waals surface area contributed by atoms with Gasteiger partial charge in [-0.05, 0) is 36.8 Å². The van der Waals surface area contributed by atoms with Gasteiger partial charge in [-0.1, -0.05) is 18.2 Å². The second-order valence-corrected chi connectivity index (χ2v) is 11.0. The zero-order valence-electron chi connectivity index (χ0n) is 27.8. The number of carboxylic acid groups (broad SMARTS) is 3. The standard InChI is InChI=1S/C32H44N6O11.Gd/c1-2-49-32(48)25(9-18-39)6-3-24-4-7-26(8-5-24)34-27(40)19-33-28(41)20-35-10-12-36(21-29(42)43)14-16-38(23-31(46)47)17-15-37(13-11-35)22-30(44)45;/h3-9,18H,2,10-17,19-23H2,1H3,(H,33,41)(H,34,40)(H,42,43)(H,44,45)(H,46,47);/b6-3+,25-9+;. The molecule has 2 rings (SSSR count). The molecule has 0 saturated carbocycles. The van der Waals surface area contributed by atoms with Crippen molar-refractivity contribution in [2.24, 2.45) is 0 Å². The third kappa shape index (κ3) is 18.9. The number of anilines is 1. The van der Waals surface area contributed by atoms with Gasteiger partial charge in [-0.2, -0.15) is 0 Å². The molecule has 50 heavy (non-hydrogen) atoms. The number of hydrogen-bond donors (Lipinski definition) is 5. The van der Waals surface area contributed by atoms with Crippen molar-refractivity contribution in [1.82, 2.24) is 24.9 Å². The van der Waals surface area contributed by atoms with E-state index in [2.05, 4.69) is 10.6 Å². The zero-order chi connectivity index (χ0) is 36.2. The number of allylic oxidation sites excluding steroid dienone is 1. The van der Waals surface area contributed by atoms with Crippen LogP contribution in [0.3, 0.4) is 0 Å². The van der Waals surface area contributed by atoms with Gasteiger partial charge in [-0.15, -0.1) is 0 Å². The van der Waals surface area contributed by atoms with Crippen LogP contribution in [0.4, 0.5) is 5.69 Å². The largest absolute Gasteiger partial charge is 0.480 e. The molecule has 1 aromatic rings. The van der Waals surface area contributed by atoms with Crippen molar-refractivity contribution in [3.8, 4) is 0 Å². The van der Waals surface area contributed by atoms with Crippen molar-refractivity contribution in [1.29, 1.82) is 0 Å². The van der Waals surface area contributed by atoms with E-state index < -0.39 is 35.7 Å². The molecule has 0 atom stereocenters. The third-order valence-corrected chi connectivity index (χ3v) is 7.23. The summed E-state index contributed by atoms with van der Waals surface area (Å²) in [5.41, 5.74) is 1.21. The first kappa shape index (κ1) is 44.4. The predicted molar refractivity (Wildman–Crippen MR) is 177 cm³/mol. The fourth-order valence-electron chi connectivity index (χ4n) is 4.77. The molecule has 1 aliphatic rings. The Hall–Kier alpha value is -3.65. The zero-order valence-corrected chi connectivity index (χ0v) is 30.0. The monoisotopic (exact) mass is 846 g/mol. The Morgan fingerprint density at radius 3 is 1.56 bits per heavy atom. The second kappa shape index (κ2) is 24.5. The summed E-state index contributed by atoms with van der Waals surface area (Å²) in [5.74, 6) is -4.75. The number of benzene rings is 1. The molecule has 1 heterocycles. The predicted octanol–water partition coefficient (Wildman–Crippen LogP) is -1.08. The van der Waals surface area contributed by atoms with Crippen molar-refractivity contribution in [2.45, 2.75) is 6.92 Å². The van der Waals surface area contributed by atoms with Crippen LogP contribution < -0.4 is 10.6 Å². The van der Waals surface area contributed by atoms with Crippen LogP contribution in [0.1, 0.15) is 12.5 Å². The average Bonchev–Trinajstić information content (AvgIpc) is 3.03. The molecular weight excluding hydrogens is 802 g/mol. The quantitative estimate of drug-likeness (QED) is 0.0578. The topological polar surface area (TPSA) is 226 Å². The molecule has 5 N–H and O–H groups in total. The van der Waals surface area contributed by atoms with Gasteiger partial charge in [0.05, 0.1) is 44.9 Å². The molecule has 276 valence electrons. The van der Waals surface area contributed by atoms with E-state index in [1.807, 2.05) is 0 Å². The Bertz CT molecular complexity index is 1340. The van der Waals surface area contributed by atoms with Gasteiger partial charge < -0.3 is 30.7 Å². The first-order chi connectivity index (χ1) is 23.4. The van der Waals surface area contributed by atoms with E-state index in [0.717, 1.165) is 6.08 Å². The van der Waals surface area contributed by atoms with Gasteiger partial charge in [-0.25, -0.2) is 4.79 Å². The second-order valence-electron chi connectivity index (χ2n) is 11.0. The maximum absolute atomic E-state index is 12.8. The number of hydrogen-bond acceptors (Lipinski definition) is 12. The van der Waals surface area contributed by atoms with E-state index in [1.165, 1.54) is 6.08 Å². The number of ether oxygens (including phenoxy) is 1. The number of carbonyl (C=O) groups excluding carboxylic acids is 4. The fraction of sp³-hybridized carbons (Fsp3) is 0.469. The van der Waals surface area contributed by atoms with E-state index in [-0.39, 0.29) is 137 Å². The van der Waals surface area contributed by atoms with Crippen LogP contribution in [-0.2, 0) is 38.3 Å². The van der Waals surface area contributed by atoms with Crippen LogP contribution in [0.2, 0.25) is 0 Å². The molecule has 18 heteroatoms. The fourth-order valence-corrected chi connectivity index (χ4v) is 4.77. The summed E-state index contributed by atoms with van der Waals surface area (Å²) in [6.07, 6.45) is 4.63.